The quantitative estimate of drug-likeness (QED) is 0.477. The molecular weight excluding hydrogens is 533 g/mol. The first-order valence-electron chi connectivity index (χ1n) is 11.4. The summed E-state index contributed by atoms with van der Waals surface area (Å²) in [4.78, 5) is 26.9. The van der Waals surface area contributed by atoms with Crippen LogP contribution in [0.4, 0.5) is 22.0 Å². The molecule has 0 bridgehead atoms. The van der Waals surface area contributed by atoms with Gasteiger partial charge in [-0.15, -0.1) is 11.8 Å². The Labute approximate surface area is 216 Å². The molecule has 200 valence electrons. The van der Waals surface area contributed by atoms with Crippen molar-refractivity contribution in [2.24, 2.45) is 0 Å². The minimum atomic E-state index is -4.85. The van der Waals surface area contributed by atoms with Crippen LogP contribution < -0.4 is 10.4 Å². The van der Waals surface area contributed by atoms with Crippen molar-refractivity contribution >= 4 is 17.7 Å². The summed E-state index contributed by atoms with van der Waals surface area (Å²) in [5, 5.41) is 21.6. The van der Waals surface area contributed by atoms with Gasteiger partial charge in [-0.2, -0.15) is 13.2 Å². The number of aliphatic hydroxyl groups excluding tert-OH is 1. The van der Waals surface area contributed by atoms with Crippen LogP contribution in [0.25, 0.3) is 0 Å². The number of amides is 1. The molecule has 5 rings (SSSR count). The molecule has 2 aliphatic heterocycles. The number of fused-ring (bicyclic) bond motifs is 3. The Balaban J connectivity index is 1.83. The van der Waals surface area contributed by atoms with E-state index >= 15 is 4.39 Å². The number of rotatable bonds is 3. The number of benzene rings is 2. The fourth-order valence-electron chi connectivity index (χ4n) is 4.75. The largest absolute Gasteiger partial charge is 0.502 e. The van der Waals surface area contributed by atoms with E-state index in [0.29, 0.717) is 15.4 Å². The molecule has 0 saturated heterocycles. The summed E-state index contributed by atoms with van der Waals surface area (Å²) in [7, 11) is 0. The number of halogens is 5. The second kappa shape index (κ2) is 9.31. The Kier molecular flexibility index (Phi) is 6.38. The maximum absolute atomic E-state index is 15.0. The van der Waals surface area contributed by atoms with Crippen LogP contribution in [0.15, 0.2) is 52.3 Å². The number of aromatic hydroxyl groups is 1. The lowest BCUT2D eigenvalue weighted by atomic mass is 9.93. The van der Waals surface area contributed by atoms with Gasteiger partial charge in [-0.25, -0.2) is 8.78 Å². The number of hydrogen-bond donors (Lipinski definition) is 2. The Bertz CT molecular complexity index is 1510. The van der Waals surface area contributed by atoms with E-state index < -0.39 is 65.9 Å². The van der Waals surface area contributed by atoms with Gasteiger partial charge in [0.2, 0.25) is 5.43 Å². The van der Waals surface area contributed by atoms with E-state index in [1.807, 2.05) is 0 Å². The number of carbonyl (C=O) groups is 1. The van der Waals surface area contributed by atoms with Gasteiger partial charge in [0.05, 0.1) is 12.6 Å². The molecule has 2 N–H and O–H groups in total. The van der Waals surface area contributed by atoms with Gasteiger partial charge in [0.15, 0.2) is 23.1 Å². The monoisotopic (exact) mass is 553 g/mol. The van der Waals surface area contributed by atoms with Crippen LogP contribution in [0.5, 0.6) is 5.75 Å². The van der Waals surface area contributed by atoms with E-state index in [9.17, 15) is 37.4 Å². The number of aliphatic hydroxyl groups is 1. The van der Waals surface area contributed by atoms with E-state index in [2.05, 4.69) is 0 Å². The molecular formula is C25H20F5N3O4S. The van der Waals surface area contributed by atoms with Crippen LogP contribution in [-0.4, -0.2) is 44.6 Å². The molecule has 0 unspecified atom stereocenters. The van der Waals surface area contributed by atoms with Crippen LogP contribution in [0, 0.1) is 11.6 Å². The van der Waals surface area contributed by atoms with Crippen LogP contribution in [0.1, 0.15) is 45.7 Å². The molecule has 7 nitrogen and oxygen atoms in total. The zero-order valence-corrected chi connectivity index (χ0v) is 20.5. The van der Waals surface area contributed by atoms with Crippen molar-refractivity contribution in [2.75, 3.05) is 11.7 Å². The third-order valence-corrected chi connectivity index (χ3v) is 7.91. The van der Waals surface area contributed by atoms with Gasteiger partial charge in [-0.1, -0.05) is 24.3 Å². The molecule has 3 heterocycles. The summed E-state index contributed by atoms with van der Waals surface area (Å²) in [5.74, 6) is -4.58. The predicted molar refractivity (Wildman–Crippen MR) is 127 cm³/mol. The van der Waals surface area contributed by atoms with Gasteiger partial charge in [0.1, 0.15) is 12.7 Å². The van der Waals surface area contributed by atoms with Gasteiger partial charge in [-0.3, -0.25) is 19.3 Å². The van der Waals surface area contributed by atoms with Gasteiger partial charge in [0, 0.05) is 28.0 Å². The SMILES string of the molecule is C[C@@H](N1CN([C@@H]2c3ccccc3SCc3c2ccc(F)c3F)n2cc(CO)c(=O)c(O)c2C1=O)C(F)(F)F. The molecule has 1 aromatic heterocycles. The first-order chi connectivity index (χ1) is 18.0. The topological polar surface area (TPSA) is 86.0 Å². The summed E-state index contributed by atoms with van der Waals surface area (Å²) in [6, 6.07) is 5.62. The van der Waals surface area contributed by atoms with Crippen LogP contribution in [-0.2, 0) is 12.4 Å². The standard InChI is InChI=1S/C25H20F5N3O4S/c1-12(25(28,29)30)31-11-33(32-8-13(9-34)22(35)23(36)21(32)24(31)37)20-14-6-7-17(26)19(27)16(14)10-38-18-5-3-2-4-15(18)20/h2-8,12,20,34,36H,9-11H2,1H3/t12-,20+/m1/s1. The van der Waals surface area contributed by atoms with Gasteiger partial charge in [0.25, 0.3) is 5.91 Å². The van der Waals surface area contributed by atoms with Crippen LogP contribution in [0.2, 0.25) is 0 Å². The number of nitrogens with zero attached hydrogens (tertiary/aromatic N) is 3. The van der Waals surface area contributed by atoms with E-state index in [0.717, 1.165) is 23.9 Å². The second-order valence-electron chi connectivity index (χ2n) is 8.91. The molecule has 0 radical (unpaired) electrons. The fraction of sp³-hybridized carbons (Fsp3) is 0.280. The Hall–Kier alpha value is -3.58. The van der Waals surface area contributed by atoms with Gasteiger partial charge >= 0.3 is 6.18 Å². The summed E-state index contributed by atoms with van der Waals surface area (Å²) < 4.78 is 71.8. The van der Waals surface area contributed by atoms with Gasteiger partial charge in [-0.05, 0) is 30.2 Å². The maximum atomic E-state index is 15.0. The number of thioether (sulfide) groups is 1. The first-order valence-corrected chi connectivity index (χ1v) is 12.4. The Morgan fingerprint density at radius 3 is 2.50 bits per heavy atom. The smallest absolute Gasteiger partial charge is 0.408 e. The molecule has 13 heteroatoms. The maximum Gasteiger partial charge on any atom is 0.408 e. The molecule has 2 atom stereocenters. The van der Waals surface area contributed by atoms with Gasteiger partial charge < -0.3 is 15.1 Å². The second-order valence-corrected chi connectivity index (χ2v) is 9.93. The zero-order valence-electron chi connectivity index (χ0n) is 19.7. The van der Waals surface area contributed by atoms with E-state index in [1.165, 1.54) is 22.8 Å². The molecule has 2 aromatic carbocycles. The third kappa shape index (κ3) is 4.00. The number of hydrogen-bond acceptors (Lipinski definition) is 6. The number of aromatic nitrogens is 1. The van der Waals surface area contributed by atoms with Crippen molar-refractivity contribution in [3.63, 3.8) is 0 Å². The summed E-state index contributed by atoms with van der Waals surface area (Å²) in [5.41, 5.74) is -1.44. The van der Waals surface area contributed by atoms with E-state index in [-0.39, 0.29) is 22.4 Å². The molecule has 3 aromatic rings. The highest BCUT2D eigenvalue weighted by molar-refractivity contribution is 7.98. The van der Waals surface area contributed by atoms with Crippen molar-refractivity contribution in [3.05, 3.63) is 92.4 Å². The average molecular weight is 554 g/mol. The first kappa shape index (κ1) is 26.0. The van der Waals surface area contributed by atoms with Crippen molar-refractivity contribution in [2.45, 2.75) is 42.4 Å². The molecule has 38 heavy (non-hydrogen) atoms. The van der Waals surface area contributed by atoms with Crippen molar-refractivity contribution < 1.29 is 37.0 Å². The molecule has 0 spiro atoms. The fourth-order valence-corrected chi connectivity index (χ4v) is 5.86. The van der Waals surface area contributed by atoms with Crippen molar-refractivity contribution in [1.29, 1.82) is 0 Å². The Morgan fingerprint density at radius 1 is 1.11 bits per heavy atom. The molecule has 0 saturated carbocycles. The lowest BCUT2D eigenvalue weighted by molar-refractivity contribution is -0.173. The highest BCUT2D eigenvalue weighted by Crippen LogP contribution is 2.44. The highest BCUT2D eigenvalue weighted by atomic mass is 32.2. The minimum Gasteiger partial charge on any atom is -0.502 e. The highest BCUT2D eigenvalue weighted by Gasteiger charge is 2.48. The van der Waals surface area contributed by atoms with E-state index in [1.54, 1.807) is 24.3 Å². The normalized spacial score (nSPS) is 18.0. The average Bonchev–Trinajstić information content (AvgIpc) is 3.04. The molecule has 0 fully saturated rings. The lowest BCUT2D eigenvalue weighted by Crippen LogP contribution is -2.60. The summed E-state index contributed by atoms with van der Waals surface area (Å²) in [6.45, 7) is -0.754. The predicted octanol–water partition coefficient (Wildman–Crippen LogP) is 4.02. The molecule has 2 aliphatic rings. The number of pyridine rings is 1. The third-order valence-electron chi connectivity index (χ3n) is 6.80. The van der Waals surface area contributed by atoms with Crippen molar-refractivity contribution in [3.8, 4) is 5.75 Å². The number of alkyl halides is 3. The molecule has 1 amide bonds. The number of carbonyl (C=O) groups excluding carboxylic acids is 1. The molecule has 0 aliphatic carbocycles. The Morgan fingerprint density at radius 2 is 1.82 bits per heavy atom. The zero-order chi connectivity index (χ0) is 27.5. The van der Waals surface area contributed by atoms with Crippen LogP contribution in [0.3, 0.4) is 0 Å². The summed E-state index contributed by atoms with van der Waals surface area (Å²) >= 11 is 1.21. The van der Waals surface area contributed by atoms with Crippen molar-refractivity contribution in [1.82, 2.24) is 9.58 Å². The summed E-state index contributed by atoms with van der Waals surface area (Å²) in [6.07, 6.45) is -3.79. The van der Waals surface area contributed by atoms with Crippen LogP contribution >= 0.6 is 11.8 Å². The lowest BCUT2D eigenvalue weighted by Gasteiger charge is -2.46. The van der Waals surface area contributed by atoms with E-state index in [4.69, 9.17) is 0 Å². The minimum absolute atomic E-state index is 0.0160.